The van der Waals surface area contributed by atoms with Crippen molar-refractivity contribution in [1.82, 2.24) is 5.32 Å². The highest BCUT2D eigenvalue weighted by Crippen LogP contribution is 2.17. The van der Waals surface area contributed by atoms with Crippen LogP contribution in [-0.4, -0.2) is 26.8 Å². The third-order valence-electron chi connectivity index (χ3n) is 3.46. The highest BCUT2D eigenvalue weighted by Gasteiger charge is 2.11. The summed E-state index contributed by atoms with van der Waals surface area (Å²) in [5.41, 5.74) is 2.62. The van der Waals surface area contributed by atoms with E-state index in [1.165, 1.54) is 11.1 Å². The van der Waals surface area contributed by atoms with E-state index in [4.69, 9.17) is 9.15 Å². The molecule has 0 aliphatic heterocycles. The first-order valence-corrected chi connectivity index (χ1v) is 8.02. The zero-order valence-corrected chi connectivity index (χ0v) is 13.9. The first-order valence-electron chi connectivity index (χ1n) is 7.23. The molecule has 2 rings (SSSR count). The zero-order chi connectivity index (χ0) is 14.9. The van der Waals surface area contributed by atoms with Crippen molar-refractivity contribution in [3.8, 4) is 0 Å². The van der Waals surface area contributed by atoms with E-state index < -0.39 is 0 Å². The van der Waals surface area contributed by atoms with Crippen LogP contribution < -0.4 is 5.32 Å². The third kappa shape index (κ3) is 6.04. The van der Waals surface area contributed by atoms with Gasteiger partial charge in [0, 0.05) is 18.1 Å². The van der Waals surface area contributed by atoms with Gasteiger partial charge in [0.1, 0.15) is 0 Å². The molecule has 21 heavy (non-hydrogen) atoms. The van der Waals surface area contributed by atoms with Crippen LogP contribution in [0.3, 0.4) is 0 Å². The van der Waals surface area contributed by atoms with Crippen LogP contribution in [0.5, 0.6) is 0 Å². The molecule has 1 heterocycles. The Morgan fingerprint density at radius 2 is 1.90 bits per heavy atom. The molecule has 0 fully saturated rings. The number of hydrogen-bond acceptors (Lipinski definition) is 3. The molecule has 0 saturated carbocycles. The minimum Gasteiger partial charge on any atom is -0.472 e. The smallest absolute Gasteiger partial charge is 0.0934 e. The van der Waals surface area contributed by atoms with Crippen LogP contribution in [0.4, 0.5) is 0 Å². The third-order valence-corrected chi connectivity index (χ3v) is 3.99. The number of rotatable bonds is 9. The Bertz CT molecular complexity index is 496. The van der Waals surface area contributed by atoms with Crippen LogP contribution >= 0.6 is 15.9 Å². The molecular formula is C17H22BrNO2. The average Bonchev–Trinajstić information content (AvgIpc) is 2.99. The second-order valence-corrected chi connectivity index (χ2v) is 6.14. The van der Waals surface area contributed by atoms with Gasteiger partial charge >= 0.3 is 0 Å². The van der Waals surface area contributed by atoms with Crippen LogP contribution in [0.15, 0.2) is 51.7 Å². The molecule has 1 atom stereocenters. The fraction of sp³-hybridized carbons (Fsp3) is 0.412. The monoisotopic (exact) mass is 351 g/mol. The fourth-order valence-electron chi connectivity index (χ4n) is 2.39. The summed E-state index contributed by atoms with van der Waals surface area (Å²) >= 11 is 3.48. The van der Waals surface area contributed by atoms with Crippen LogP contribution in [0.2, 0.25) is 0 Å². The number of hydrogen-bond donors (Lipinski definition) is 1. The Kier molecular flexibility index (Phi) is 7.00. The van der Waals surface area contributed by atoms with Gasteiger partial charge in [-0.25, -0.2) is 0 Å². The van der Waals surface area contributed by atoms with E-state index in [2.05, 4.69) is 45.5 Å². The molecule has 1 aromatic heterocycles. The summed E-state index contributed by atoms with van der Waals surface area (Å²) < 4.78 is 11.4. The Balaban J connectivity index is 1.91. The van der Waals surface area contributed by atoms with Crippen molar-refractivity contribution in [2.45, 2.75) is 12.8 Å². The summed E-state index contributed by atoms with van der Waals surface area (Å²) in [6.07, 6.45) is 5.65. The van der Waals surface area contributed by atoms with Crippen molar-refractivity contribution >= 4 is 15.9 Å². The van der Waals surface area contributed by atoms with Gasteiger partial charge in [0.15, 0.2) is 0 Å². The molecule has 3 nitrogen and oxygen atoms in total. The van der Waals surface area contributed by atoms with Crippen molar-refractivity contribution in [1.29, 1.82) is 0 Å². The maximum atomic E-state index is 5.18. The summed E-state index contributed by atoms with van der Waals surface area (Å²) in [6, 6.07) is 10.6. The van der Waals surface area contributed by atoms with Gasteiger partial charge in [-0.05, 0) is 54.6 Å². The molecule has 0 spiro atoms. The van der Waals surface area contributed by atoms with Crippen molar-refractivity contribution in [3.05, 3.63) is 58.5 Å². The number of methoxy groups -OCH3 is 1. The number of nitrogens with one attached hydrogen (secondary N) is 1. The molecule has 0 radical (unpaired) electrons. The lowest BCUT2D eigenvalue weighted by Crippen LogP contribution is -2.28. The number of ether oxygens (including phenoxy) is 1. The molecule has 114 valence electrons. The van der Waals surface area contributed by atoms with Crippen LogP contribution in [-0.2, 0) is 17.6 Å². The molecule has 1 unspecified atom stereocenters. The van der Waals surface area contributed by atoms with Crippen molar-refractivity contribution in [2.24, 2.45) is 5.92 Å². The summed E-state index contributed by atoms with van der Waals surface area (Å²) in [5, 5.41) is 3.47. The standard InChI is InChI=1S/C17H22BrNO2/c1-20-9-7-19-12-16(11-15-6-8-21-13-15)10-14-2-4-17(18)5-3-14/h2-6,8,13,16,19H,7,9-12H2,1H3. The van der Waals surface area contributed by atoms with E-state index in [1.807, 2.05) is 12.3 Å². The summed E-state index contributed by atoms with van der Waals surface area (Å²) in [6.45, 7) is 2.61. The number of furan rings is 1. The summed E-state index contributed by atoms with van der Waals surface area (Å²) in [5.74, 6) is 0.542. The Morgan fingerprint density at radius 1 is 1.14 bits per heavy atom. The molecule has 1 N–H and O–H groups in total. The topological polar surface area (TPSA) is 34.4 Å². The maximum absolute atomic E-state index is 5.18. The first-order chi connectivity index (χ1) is 10.3. The molecule has 0 bridgehead atoms. The molecule has 0 amide bonds. The van der Waals surface area contributed by atoms with E-state index in [1.54, 1.807) is 13.4 Å². The highest BCUT2D eigenvalue weighted by molar-refractivity contribution is 9.10. The maximum Gasteiger partial charge on any atom is 0.0934 e. The van der Waals surface area contributed by atoms with Gasteiger partial charge in [-0.1, -0.05) is 28.1 Å². The van der Waals surface area contributed by atoms with Gasteiger partial charge in [-0.2, -0.15) is 0 Å². The molecule has 4 heteroatoms. The van der Waals surface area contributed by atoms with Crippen LogP contribution in [0.1, 0.15) is 11.1 Å². The van der Waals surface area contributed by atoms with Crippen molar-refractivity contribution < 1.29 is 9.15 Å². The normalized spacial score (nSPS) is 12.5. The largest absolute Gasteiger partial charge is 0.472 e. The van der Waals surface area contributed by atoms with E-state index in [-0.39, 0.29) is 0 Å². The Labute approximate surface area is 134 Å². The van der Waals surface area contributed by atoms with Gasteiger partial charge < -0.3 is 14.5 Å². The lowest BCUT2D eigenvalue weighted by atomic mass is 9.93. The van der Waals surface area contributed by atoms with Crippen LogP contribution in [0.25, 0.3) is 0 Å². The van der Waals surface area contributed by atoms with Crippen molar-refractivity contribution in [3.63, 3.8) is 0 Å². The zero-order valence-electron chi connectivity index (χ0n) is 12.3. The Hall–Kier alpha value is -1.10. The minimum absolute atomic E-state index is 0.542. The van der Waals surface area contributed by atoms with Crippen LogP contribution in [0, 0.1) is 5.92 Å². The molecule has 2 aromatic rings. The van der Waals surface area contributed by atoms with E-state index in [9.17, 15) is 0 Å². The lowest BCUT2D eigenvalue weighted by Gasteiger charge is -2.17. The highest BCUT2D eigenvalue weighted by atomic mass is 79.9. The molecular weight excluding hydrogens is 330 g/mol. The number of halogens is 1. The quantitative estimate of drug-likeness (QED) is 0.699. The van der Waals surface area contributed by atoms with E-state index in [0.717, 1.165) is 37.0 Å². The second-order valence-electron chi connectivity index (χ2n) is 5.23. The first kappa shape index (κ1) is 16.3. The summed E-state index contributed by atoms with van der Waals surface area (Å²) in [7, 11) is 1.73. The number of benzene rings is 1. The summed E-state index contributed by atoms with van der Waals surface area (Å²) in [4.78, 5) is 0. The average molecular weight is 352 g/mol. The van der Waals surface area contributed by atoms with Gasteiger partial charge in [0.05, 0.1) is 19.1 Å². The Morgan fingerprint density at radius 3 is 2.57 bits per heavy atom. The predicted molar refractivity (Wildman–Crippen MR) is 88.5 cm³/mol. The SMILES string of the molecule is COCCNCC(Cc1ccc(Br)cc1)Cc1ccoc1. The lowest BCUT2D eigenvalue weighted by molar-refractivity contribution is 0.197. The molecule has 1 aromatic carbocycles. The molecule has 0 saturated heterocycles. The van der Waals surface area contributed by atoms with Gasteiger partial charge in [-0.3, -0.25) is 0 Å². The predicted octanol–water partition coefficient (Wildman–Crippen LogP) is 3.68. The minimum atomic E-state index is 0.542. The van der Waals surface area contributed by atoms with Gasteiger partial charge in [0.2, 0.25) is 0 Å². The molecule has 0 aliphatic rings. The fourth-order valence-corrected chi connectivity index (χ4v) is 2.66. The molecule has 0 aliphatic carbocycles. The van der Waals surface area contributed by atoms with Crippen molar-refractivity contribution in [2.75, 3.05) is 26.8 Å². The van der Waals surface area contributed by atoms with Gasteiger partial charge in [-0.15, -0.1) is 0 Å². The van der Waals surface area contributed by atoms with E-state index >= 15 is 0 Å². The van der Waals surface area contributed by atoms with Gasteiger partial charge in [0.25, 0.3) is 0 Å². The van der Waals surface area contributed by atoms with E-state index in [0.29, 0.717) is 5.92 Å². The second kappa shape index (κ2) is 9.03.